The van der Waals surface area contributed by atoms with Crippen LogP contribution >= 0.6 is 11.6 Å². The number of anilines is 2. The first-order valence-corrected chi connectivity index (χ1v) is 9.84. The molecule has 0 aromatic heterocycles. The molecule has 0 aliphatic heterocycles. The Labute approximate surface area is 164 Å². The molecule has 148 valence electrons. The predicted molar refractivity (Wildman–Crippen MR) is 101 cm³/mol. The molecule has 0 spiro atoms. The molecule has 2 rings (SSSR count). The van der Waals surface area contributed by atoms with Crippen LogP contribution in [0.25, 0.3) is 0 Å². The van der Waals surface area contributed by atoms with E-state index >= 15 is 0 Å². The quantitative estimate of drug-likeness (QED) is 0.619. The Balaban J connectivity index is 1.96. The average Bonchev–Trinajstić information content (AvgIpc) is 2.57. The average molecular weight is 429 g/mol. The summed E-state index contributed by atoms with van der Waals surface area (Å²) in [5, 5.41) is 13.5. The summed E-state index contributed by atoms with van der Waals surface area (Å²) in [5.74, 6) is -5.62. The molecular weight excluding hydrogens is 415 g/mol. The summed E-state index contributed by atoms with van der Waals surface area (Å²) in [6.45, 7) is 0. The van der Waals surface area contributed by atoms with Crippen LogP contribution in [0.5, 0.6) is 0 Å². The molecule has 0 atom stereocenters. The molecule has 0 fully saturated rings. The van der Waals surface area contributed by atoms with E-state index in [1.807, 2.05) is 0 Å². The Kier molecular flexibility index (Phi) is 6.71. The van der Waals surface area contributed by atoms with E-state index in [4.69, 9.17) is 16.7 Å². The molecule has 0 bridgehead atoms. The van der Waals surface area contributed by atoms with Gasteiger partial charge in [0.25, 0.3) is 0 Å². The molecule has 0 aliphatic rings. The Morgan fingerprint density at radius 3 is 1.96 bits per heavy atom. The fourth-order valence-electron chi connectivity index (χ4n) is 2.14. The first kappa shape index (κ1) is 21.3. The number of rotatable bonds is 7. The second-order valence-corrected chi connectivity index (χ2v) is 8.11. The summed E-state index contributed by atoms with van der Waals surface area (Å²) >= 11 is 5.71. The number of hydrogen-bond acceptors (Lipinski definition) is 5. The van der Waals surface area contributed by atoms with E-state index in [2.05, 4.69) is 10.6 Å². The van der Waals surface area contributed by atoms with Crippen molar-refractivity contribution in [2.75, 3.05) is 22.1 Å². The lowest BCUT2D eigenvalue weighted by Crippen LogP contribution is -2.30. The molecular formula is C17H14ClFN2O6S. The minimum absolute atomic E-state index is 0.0396. The molecule has 11 heteroatoms. The standard InChI is InChI=1S/C17H14ClFN2O6S/c18-14-6-5-12(7-13(14)17(24)25)21-16(23)9-28(26,27)8-15(22)20-11-3-1-10(19)2-4-11/h1-7H,8-9H2,(H,20,22)(H,21,23)(H,24,25). The molecule has 3 N–H and O–H groups in total. The van der Waals surface area contributed by atoms with Gasteiger partial charge in [-0.3, -0.25) is 9.59 Å². The molecule has 8 nitrogen and oxygen atoms in total. The van der Waals surface area contributed by atoms with E-state index in [0.717, 1.165) is 18.2 Å². The third-order valence-corrected chi connectivity index (χ3v) is 5.04. The van der Waals surface area contributed by atoms with Crippen LogP contribution < -0.4 is 10.6 Å². The van der Waals surface area contributed by atoms with E-state index in [0.29, 0.717) is 0 Å². The van der Waals surface area contributed by atoms with Crippen LogP contribution in [0, 0.1) is 5.82 Å². The molecule has 2 amide bonds. The highest BCUT2D eigenvalue weighted by Gasteiger charge is 2.21. The maximum absolute atomic E-state index is 12.8. The van der Waals surface area contributed by atoms with Crippen molar-refractivity contribution in [2.45, 2.75) is 0 Å². The zero-order valence-electron chi connectivity index (χ0n) is 14.1. The van der Waals surface area contributed by atoms with Gasteiger partial charge in [-0.25, -0.2) is 17.6 Å². The number of carbonyl (C=O) groups is 3. The van der Waals surface area contributed by atoms with Crippen LogP contribution in [0.2, 0.25) is 5.02 Å². The van der Waals surface area contributed by atoms with Gasteiger partial charge < -0.3 is 15.7 Å². The smallest absolute Gasteiger partial charge is 0.337 e. The van der Waals surface area contributed by atoms with Crippen molar-refractivity contribution in [3.63, 3.8) is 0 Å². The highest BCUT2D eigenvalue weighted by atomic mass is 35.5. The van der Waals surface area contributed by atoms with Gasteiger partial charge in [-0.2, -0.15) is 0 Å². The minimum atomic E-state index is -4.10. The van der Waals surface area contributed by atoms with Crippen LogP contribution in [0.4, 0.5) is 15.8 Å². The number of sulfone groups is 1. The first-order chi connectivity index (χ1) is 13.1. The van der Waals surface area contributed by atoms with Gasteiger partial charge >= 0.3 is 5.97 Å². The van der Waals surface area contributed by atoms with E-state index in [1.165, 1.54) is 24.3 Å². The van der Waals surface area contributed by atoms with Gasteiger partial charge in [-0.1, -0.05) is 11.6 Å². The molecule has 2 aromatic rings. The number of hydrogen-bond donors (Lipinski definition) is 3. The maximum atomic E-state index is 12.8. The zero-order chi connectivity index (χ0) is 20.9. The first-order valence-electron chi connectivity index (χ1n) is 7.64. The Hall–Kier alpha value is -2.98. The largest absolute Gasteiger partial charge is 0.478 e. The second-order valence-electron chi connectivity index (χ2n) is 5.64. The number of carbonyl (C=O) groups excluding carboxylic acids is 2. The van der Waals surface area contributed by atoms with Gasteiger partial charge in [0.05, 0.1) is 10.6 Å². The second kappa shape index (κ2) is 8.81. The van der Waals surface area contributed by atoms with Gasteiger partial charge in [-0.05, 0) is 42.5 Å². The molecule has 0 radical (unpaired) electrons. The van der Waals surface area contributed by atoms with Gasteiger partial charge in [0.2, 0.25) is 11.8 Å². The lowest BCUT2D eigenvalue weighted by molar-refractivity contribution is -0.114. The van der Waals surface area contributed by atoms with E-state index < -0.39 is 44.9 Å². The molecule has 0 saturated heterocycles. The van der Waals surface area contributed by atoms with Gasteiger partial charge in [-0.15, -0.1) is 0 Å². The number of aromatic carboxylic acids is 1. The highest BCUT2D eigenvalue weighted by molar-refractivity contribution is 7.92. The third-order valence-electron chi connectivity index (χ3n) is 3.31. The Bertz CT molecular complexity index is 1020. The maximum Gasteiger partial charge on any atom is 0.337 e. The summed E-state index contributed by atoms with van der Waals surface area (Å²) in [5.41, 5.74) is -0.0211. The number of carboxylic acid groups (broad SMARTS) is 1. The van der Waals surface area contributed by atoms with Crippen molar-refractivity contribution in [3.8, 4) is 0 Å². The molecule has 0 aliphatic carbocycles. The Morgan fingerprint density at radius 1 is 0.929 bits per heavy atom. The summed E-state index contributed by atoms with van der Waals surface area (Å²) in [6, 6.07) is 8.33. The van der Waals surface area contributed by atoms with Crippen LogP contribution in [0.1, 0.15) is 10.4 Å². The van der Waals surface area contributed by atoms with Gasteiger partial charge in [0.15, 0.2) is 9.84 Å². The lowest BCUT2D eigenvalue weighted by atomic mass is 10.2. The number of carboxylic acids is 1. The topological polar surface area (TPSA) is 130 Å². The Morgan fingerprint density at radius 2 is 1.43 bits per heavy atom. The van der Waals surface area contributed by atoms with E-state index in [9.17, 15) is 27.2 Å². The minimum Gasteiger partial charge on any atom is -0.478 e. The van der Waals surface area contributed by atoms with Crippen LogP contribution in [0.3, 0.4) is 0 Å². The normalized spacial score (nSPS) is 10.9. The van der Waals surface area contributed by atoms with Crippen LogP contribution in [-0.2, 0) is 19.4 Å². The van der Waals surface area contributed by atoms with Crippen molar-refractivity contribution in [2.24, 2.45) is 0 Å². The van der Waals surface area contributed by atoms with Crippen molar-refractivity contribution in [3.05, 3.63) is 58.9 Å². The number of benzene rings is 2. The summed E-state index contributed by atoms with van der Waals surface area (Å²) in [6.07, 6.45) is 0. The van der Waals surface area contributed by atoms with Crippen LogP contribution in [0.15, 0.2) is 42.5 Å². The monoisotopic (exact) mass is 428 g/mol. The van der Waals surface area contributed by atoms with Crippen molar-refractivity contribution in [1.29, 1.82) is 0 Å². The van der Waals surface area contributed by atoms with Crippen LogP contribution in [-0.4, -0.2) is 42.8 Å². The van der Waals surface area contributed by atoms with E-state index in [1.54, 1.807) is 0 Å². The van der Waals surface area contributed by atoms with Crippen molar-refractivity contribution >= 4 is 50.6 Å². The van der Waals surface area contributed by atoms with Gasteiger partial charge in [0, 0.05) is 11.4 Å². The lowest BCUT2D eigenvalue weighted by Gasteiger charge is -2.08. The summed E-state index contributed by atoms with van der Waals surface area (Å²) in [7, 11) is -4.10. The van der Waals surface area contributed by atoms with Crippen molar-refractivity contribution < 1.29 is 32.3 Å². The van der Waals surface area contributed by atoms with Gasteiger partial charge in [0.1, 0.15) is 17.3 Å². The SMILES string of the molecule is O=C(CS(=O)(=O)CC(=O)Nc1ccc(Cl)c(C(=O)O)c1)Nc1ccc(F)cc1. The number of amides is 2. The zero-order valence-corrected chi connectivity index (χ0v) is 15.7. The molecule has 28 heavy (non-hydrogen) atoms. The van der Waals surface area contributed by atoms with Crippen molar-refractivity contribution in [1.82, 2.24) is 0 Å². The fourth-order valence-corrected chi connectivity index (χ4v) is 3.39. The number of halogens is 2. The third kappa shape index (κ3) is 6.32. The molecule has 2 aromatic carbocycles. The van der Waals surface area contributed by atoms with E-state index in [-0.39, 0.29) is 22.0 Å². The fraction of sp³-hybridized carbons (Fsp3) is 0.118. The summed E-state index contributed by atoms with van der Waals surface area (Å²) in [4.78, 5) is 34.8. The number of nitrogens with one attached hydrogen (secondary N) is 2. The molecule has 0 heterocycles. The predicted octanol–water partition coefficient (Wildman–Crippen LogP) is 2.17. The summed E-state index contributed by atoms with van der Waals surface area (Å²) < 4.78 is 36.9. The molecule has 0 saturated carbocycles. The highest BCUT2D eigenvalue weighted by Crippen LogP contribution is 2.20. The molecule has 0 unspecified atom stereocenters.